The van der Waals surface area contributed by atoms with Gasteiger partial charge in [0.2, 0.25) is 11.8 Å². The van der Waals surface area contributed by atoms with Crippen LogP contribution in [0.3, 0.4) is 0 Å². The van der Waals surface area contributed by atoms with E-state index in [-0.39, 0.29) is 11.8 Å². The zero-order valence-corrected chi connectivity index (χ0v) is 16.2. The van der Waals surface area contributed by atoms with Gasteiger partial charge in [-0.3, -0.25) is 14.5 Å². The van der Waals surface area contributed by atoms with Crippen molar-refractivity contribution in [2.75, 3.05) is 43.5 Å². The van der Waals surface area contributed by atoms with Crippen molar-refractivity contribution in [3.8, 4) is 0 Å². The molecule has 2 N–H and O–H groups in total. The molecule has 6 heteroatoms. The molecular formula is C22H27N3O3. The summed E-state index contributed by atoms with van der Waals surface area (Å²) in [7, 11) is 0. The van der Waals surface area contributed by atoms with Crippen molar-refractivity contribution >= 4 is 23.2 Å². The third-order valence-corrected chi connectivity index (χ3v) is 4.68. The average Bonchev–Trinajstić information content (AvgIpc) is 2.70. The molecule has 148 valence electrons. The number of anilines is 2. The van der Waals surface area contributed by atoms with E-state index in [1.54, 1.807) is 24.3 Å². The molecule has 2 aromatic rings. The maximum absolute atomic E-state index is 12.1. The molecule has 1 aliphatic heterocycles. The molecule has 6 nitrogen and oxygen atoms in total. The zero-order chi connectivity index (χ0) is 19.8. The first kappa shape index (κ1) is 20.0. The van der Waals surface area contributed by atoms with Crippen molar-refractivity contribution < 1.29 is 14.3 Å². The lowest BCUT2D eigenvalue weighted by Gasteiger charge is -2.25. The Kier molecular flexibility index (Phi) is 7.17. The Morgan fingerprint density at radius 1 is 0.893 bits per heavy atom. The monoisotopic (exact) mass is 381 g/mol. The molecule has 0 saturated carbocycles. The summed E-state index contributed by atoms with van der Waals surface area (Å²) in [5, 5.41) is 5.78. The molecule has 0 atom stereocenters. The van der Waals surface area contributed by atoms with Gasteiger partial charge in [0.25, 0.3) is 0 Å². The third-order valence-electron chi connectivity index (χ3n) is 4.68. The van der Waals surface area contributed by atoms with Crippen LogP contribution in [-0.4, -0.2) is 49.6 Å². The number of carbonyl (C=O) groups is 2. The molecule has 1 heterocycles. The molecule has 1 saturated heterocycles. The Bertz CT molecular complexity index is 782. The summed E-state index contributed by atoms with van der Waals surface area (Å²) in [5.41, 5.74) is 3.81. The van der Waals surface area contributed by atoms with Gasteiger partial charge in [0.1, 0.15) is 0 Å². The van der Waals surface area contributed by atoms with Crippen molar-refractivity contribution in [3.05, 3.63) is 59.7 Å². The van der Waals surface area contributed by atoms with E-state index in [2.05, 4.69) is 39.8 Å². The quantitative estimate of drug-likeness (QED) is 0.774. The molecular weight excluding hydrogens is 354 g/mol. The fourth-order valence-corrected chi connectivity index (χ4v) is 3.04. The van der Waals surface area contributed by atoms with Gasteiger partial charge in [-0.15, -0.1) is 0 Å². The lowest BCUT2D eigenvalue weighted by atomic mass is 10.1. The predicted molar refractivity (Wildman–Crippen MR) is 110 cm³/mol. The number of nitrogens with zero attached hydrogens (tertiary/aromatic N) is 1. The second kappa shape index (κ2) is 10.0. The van der Waals surface area contributed by atoms with E-state index in [1.807, 2.05) is 6.92 Å². The number of amides is 2. The Balaban J connectivity index is 1.42. The molecule has 3 rings (SSSR count). The van der Waals surface area contributed by atoms with Gasteiger partial charge in [-0.05, 0) is 43.2 Å². The van der Waals surface area contributed by atoms with E-state index in [1.165, 1.54) is 5.56 Å². The molecule has 1 aliphatic rings. The summed E-state index contributed by atoms with van der Waals surface area (Å²) in [4.78, 5) is 26.3. The average molecular weight is 381 g/mol. The minimum Gasteiger partial charge on any atom is -0.379 e. The van der Waals surface area contributed by atoms with Crippen LogP contribution in [0.2, 0.25) is 0 Å². The lowest BCUT2D eigenvalue weighted by Crippen LogP contribution is -2.41. The number of carbonyl (C=O) groups excluding carboxylic acids is 2. The number of rotatable bonds is 7. The number of hydrogen-bond donors (Lipinski definition) is 2. The molecule has 0 unspecified atom stereocenters. The van der Waals surface area contributed by atoms with E-state index >= 15 is 0 Å². The number of nitrogens with one attached hydrogen (secondary N) is 2. The standard InChI is InChI=1S/C22H27N3O3/c1-17-2-4-18(5-3-17)6-11-21(26)23-19-7-9-20(10-8-19)24-22(27)16-25-12-14-28-15-13-25/h2-5,7-10H,6,11-16H2,1H3,(H,23,26)(H,24,27). The molecule has 28 heavy (non-hydrogen) atoms. The number of benzene rings is 2. The number of hydrogen-bond acceptors (Lipinski definition) is 4. The number of morpholine rings is 1. The highest BCUT2D eigenvalue weighted by atomic mass is 16.5. The van der Waals surface area contributed by atoms with Crippen LogP contribution in [0.15, 0.2) is 48.5 Å². The molecule has 0 aliphatic carbocycles. The van der Waals surface area contributed by atoms with Gasteiger partial charge in [0.05, 0.1) is 19.8 Å². The van der Waals surface area contributed by atoms with E-state index in [0.717, 1.165) is 30.0 Å². The molecule has 0 radical (unpaired) electrons. The molecule has 0 aromatic heterocycles. The number of aryl methyl sites for hydroxylation is 2. The largest absolute Gasteiger partial charge is 0.379 e. The Morgan fingerprint density at radius 3 is 2.07 bits per heavy atom. The summed E-state index contributed by atoms with van der Waals surface area (Å²) in [6.07, 6.45) is 1.14. The normalized spacial score (nSPS) is 14.5. The number of ether oxygens (including phenoxy) is 1. The molecule has 0 bridgehead atoms. The van der Waals surface area contributed by atoms with Crippen LogP contribution in [-0.2, 0) is 20.7 Å². The fraction of sp³-hybridized carbons (Fsp3) is 0.364. The van der Waals surface area contributed by atoms with Crippen LogP contribution in [0.1, 0.15) is 17.5 Å². The van der Waals surface area contributed by atoms with Crippen LogP contribution in [0.4, 0.5) is 11.4 Å². The first-order chi connectivity index (χ1) is 13.6. The summed E-state index contributed by atoms with van der Waals surface area (Å²) in [5.74, 6) is -0.0681. The minimum absolute atomic E-state index is 0.0234. The maximum atomic E-state index is 12.1. The van der Waals surface area contributed by atoms with E-state index in [0.29, 0.717) is 32.6 Å². The van der Waals surface area contributed by atoms with Crippen molar-refractivity contribution in [2.45, 2.75) is 19.8 Å². The second-order valence-electron chi connectivity index (χ2n) is 7.05. The summed E-state index contributed by atoms with van der Waals surface area (Å²) >= 11 is 0. The van der Waals surface area contributed by atoms with Gasteiger partial charge >= 0.3 is 0 Å². The van der Waals surface area contributed by atoms with Gasteiger partial charge < -0.3 is 15.4 Å². The summed E-state index contributed by atoms with van der Waals surface area (Å²) in [6.45, 7) is 5.31. The minimum atomic E-state index is -0.0446. The van der Waals surface area contributed by atoms with Crippen molar-refractivity contribution in [2.24, 2.45) is 0 Å². The SMILES string of the molecule is Cc1ccc(CCC(=O)Nc2ccc(NC(=O)CN3CCOCC3)cc2)cc1. The van der Waals surface area contributed by atoms with Crippen molar-refractivity contribution in [1.29, 1.82) is 0 Å². The smallest absolute Gasteiger partial charge is 0.238 e. The van der Waals surface area contributed by atoms with Gasteiger partial charge in [-0.25, -0.2) is 0 Å². The highest BCUT2D eigenvalue weighted by Gasteiger charge is 2.14. The van der Waals surface area contributed by atoms with E-state index in [4.69, 9.17) is 4.74 Å². The topological polar surface area (TPSA) is 70.7 Å². The van der Waals surface area contributed by atoms with Gasteiger partial charge in [0, 0.05) is 30.9 Å². The van der Waals surface area contributed by atoms with Crippen LogP contribution in [0.25, 0.3) is 0 Å². The Morgan fingerprint density at radius 2 is 1.46 bits per heavy atom. The zero-order valence-electron chi connectivity index (χ0n) is 16.2. The van der Waals surface area contributed by atoms with Gasteiger partial charge in [0.15, 0.2) is 0 Å². The van der Waals surface area contributed by atoms with Crippen molar-refractivity contribution in [1.82, 2.24) is 4.90 Å². The van der Waals surface area contributed by atoms with Gasteiger partial charge in [-0.1, -0.05) is 29.8 Å². The lowest BCUT2D eigenvalue weighted by molar-refractivity contribution is -0.118. The van der Waals surface area contributed by atoms with Crippen LogP contribution in [0, 0.1) is 6.92 Å². The third kappa shape index (κ3) is 6.48. The first-order valence-electron chi connectivity index (χ1n) is 9.64. The van der Waals surface area contributed by atoms with Crippen LogP contribution < -0.4 is 10.6 Å². The predicted octanol–water partition coefficient (Wildman–Crippen LogP) is 2.84. The fourth-order valence-electron chi connectivity index (χ4n) is 3.04. The van der Waals surface area contributed by atoms with Crippen LogP contribution >= 0.6 is 0 Å². The molecule has 2 aromatic carbocycles. The first-order valence-corrected chi connectivity index (χ1v) is 9.64. The molecule has 2 amide bonds. The Hall–Kier alpha value is -2.70. The molecule has 0 spiro atoms. The van der Waals surface area contributed by atoms with Crippen LogP contribution in [0.5, 0.6) is 0 Å². The highest BCUT2D eigenvalue weighted by molar-refractivity contribution is 5.93. The second-order valence-corrected chi connectivity index (χ2v) is 7.05. The van der Waals surface area contributed by atoms with E-state index < -0.39 is 0 Å². The Labute approximate surface area is 165 Å². The highest BCUT2D eigenvalue weighted by Crippen LogP contribution is 2.14. The van der Waals surface area contributed by atoms with E-state index in [9.17, 15) is 9.59 Å². The molecule has 1 fully saturated rings. The summed E-state index contributed by atoms with van der Waals surface area (Å²) in [6, 6.07) is 15.4. The van der Waals surface area contributed by atoms with Crippen molar-refractivity contribution in [3.63, 3.8) is 0 Å². The maximum Gasteiger partial charge on any atom is 0.238 e. The summed E-state index contributed by atoms with van der Waals surface area (Å²) < 4.78 is 5.28. The van der Waals surface area contributed by atoms with Gasteiger partial charge in [-0.2, -0.15) is 0 Å².